The summed E-state index contributed by atoms with van der Waals surface area (Å²) in [6.45, 7) is 1.41. The number of piperidine rings is 1. The first kappa shape index (κ1) is 20.6. The fraction of sp³-hybridized carbons (Fsp3) is 0.333. The number of carbonyl (C=O) groups excluding carboxylic acids is 1. The Balaban J connectivity index is 1.52. The molecule has 30 heavy (non-hydrogen) atoms. The van der Waals surface area contributed by atoms with Crippen LogP contribution in [0.3, 0.4) is 0 Å². The molecule has 4 rings (SSSR count). The van der Waals surface area contributed by atoms with Gasteiger partial charge in [0.15, 0.2) is 11.0 Å². The van der Waals surface area contributed by atoms with E-state index in [0.29, 0.717) is 16.7 Å². The zero-order chi connectivity index (χ0) is 21.1. The van der Waals surface area contributed by atoms with E-state index in [0.717, 1.165) is 36.6 Å². The monoisotopic (exact) mass is 444 g/mol. The molecule has 1 aliphatic rings. The Morgan fingerprint density at radius 1 is 1.17 bits per heavy atom. The van der Waals surface area contributed by atoms with Crippen LogP contribution in [0.25, 0.3) is 0 Å². The summed E-state index contributed by atoms with van der Waals surface area (Å²) in [5.74, 6) is 1.33. The number of nitrogens with zero attached hydrogens (tertiary/aromatic N) is 5. The molecule has 0 saturated carbocycles. The number of benzene rings is 1. The number of nitrogens with one attached hydrogen (secondary N) is 1. The van der Waals surface area contributed by atoms with Crippen molar-refractivity contribution in [3.8, 4) is 0 Å². The van der Waals surface area contributed by atoms with Crippen molar-refractivity contribution in [1.29, 1.82) is 0 Å². The first-order valence-electron chi connectivity index (χ1n) is 9.78. The minimum absolute atomic E-state index is 0.00965. The highest BCUT2D eigenvalue weighted by molar-refractivity contribution is 6.30. The van der Waals surface area contributed by atoms with E-state index in [2.05, 4.69) is 25.4 Å². The maximum absolute atomic E-state index is 13.2. The number of imidazole rings is 1. The van der Waals surface area contributed by atoms with Gasteiger partial charge in [-0.25, -0.2) is 4.98 Å². The predicted octanol–water partition coefficient (Wildman–Crippen LogP) is 3.64. The van der Waals surface area contributed by atoms with E-state index >= 15 is 0 Å². The quantitative estimate of drug-likeness (QED) is 0.649. The number of hydrogen-bond donors (Lipinski definition) is 1. The third kappa shape index (κ3) is 4.57. The van der Waals surface area contributed by atoms with E-state index in [4.69, 9.17) is 23.2 Å². The highest BCUT2D eigenvalue weighted by Crippen LogP contribution is 2.26. The Morgan fingerprint density at radius 3 is 2.63 bits per heavy atom. The first-order chi connectivity index (χ1) is 14.5. The maximum Gasteiger partial charge on any atom is 0.225 e. The van der Waals surface area contributed by atoms with Crippen molar-refractivity contribution in [3.63, 3.8) is 0 Å². The molecule has 1 amide bonds. The molecule has 1 N–H and O–H groups in total. The van der Waals surface area contributed by atoms with Gasteiger partial charge in [-0.3, -0.25) is 4.79 Å². The molecule has 1 saturated heterocycles. The second-order valence-electron chi connectivity index (χ2n) is 7.39. The summed E-state index contributed by atoms with van der Waals surface area (Å²) in [4.78, 5) is 19.8. The molecule has 3 aromatic rings. The van der Waals surface area contributed by atoms with E-state index in [1.165, 1.54) is 0 Å². The Morgan fingerprint density at radius 2 is 1.97 bits per heavy atom. The van der Waals surface area contributed by atoms with Gasteiger partial charge in [-0.1, -0.05) is 35.3 Å². The fourth-order valence-corrected chi connectivity index (χ4v) is 3.97. The standard InChI is InChI=1S/C21H22Cl2N6O/c1-28-12-10-24-20(28)19(14-4-6-16(22)7-5-14)25-21(30)15-3-2-11-29(13-15)18-9-8-17(23)26-27-18/h4-10,12,15,19H,2-3,11,13H2,1H3,(H,25,30)/t15-,19+/m1/s1. The Labute approximate surface area is 185 Å². The van der Waals surface area contributed by atoms with E-state index in [1.54, 1.807) is 12.3 Å². The molecule has 1 aliphatic heterocycles. The minimum atomic E-state index is -0.361. The van der Waals surface area contributed by atoms with Gasteiger partial charge in [0.05, 0.1) is 5.92 Å². The lowest BCUT2D eigenvalue weighted by atomic mass is 9.96. The Bertz CT molecular complexity index is 1010. The molecule has 0 radical (unpaired) electrons. The molecule has 3 heterocycles. The molecular weight excluding hydrogens is 423 g/mol. The van der Waals surface area contributed by atoms with Crippen molar-refractivity contribution >= 4 is 34.9 Å². The zero-order valence-electron chi connectivity index (χ0n) is 16.5. The number of amides is 1. The average molecular weight is 445 g/mol. The molecular formula is C21H22Cl2N6O. The normalized spacial score (nSPS) is 17.6. The van der Waals surface area contributed by atoms with Gasteiger partial charge < -0.3 is 14.8 Å². The number of anilines is 1. The summed E-state index contributed by atoms with van der Waals surface area (Å²) >= 11 is 11.9. The Kier molecular flexibility index (Phi) is 6.20. The molecule has 0 spiro atoms. The smallest absolute Gasteiger partial charge is 0.225 e. The van der Waals surface area contributed by atoms with Crippen molar-refractivity contribution in [3.05, 3.63) is 70.4 Å². The van der Waals surface area contributed by atoms with Crippen LogP contribution in [0.15, 0.2) is 48.8 Å². The van der Waals surface area contributed by atoms with Crippen molar-refractivity contribution in [1.82, 2.24) is 25.1 Å². The van der Waals surface area contributed by atoms with Crippen LogP contribution >= 0.6 is 23.2 Å². The summed E-state index contributed by atoms with van der Waals surface area (Å²) in [6, 6.07) is 10.7. The highest BCUT2D eigenvalue weighted by Gasteiger charge is 2.30. The molecule has 2 atom stereocenters. The third-order valence-electron chi connectivity index (χ3n) is 5.34. The number of carbonyl (C=O) groups is 1. The van der Waals surface area contributed by atoms with Crippen molar-refractivity contribution in [2.45, 2.75) is 18.9 Å². The van der Waals surface area contributed by atoms with Gasteiger partial charge >= 0.3 is 0 Å². The summed E-state index contributed by atoms with van der Waals surface area (Å²) in [5, 5.41) is 12.3. The van der Waals surface area contributed by atoms with Gasteiger partial charge in [-0.05, 0) is 42.7 Å². The van der Waals surface area contributed by atoms with Crippen molar-refractivity contribution in [2.24, 2.45) is 13.0 Å². The molecule has 1 aromatic carbocycles. The van der Waals surface area contributed by atoms with Crippen LogP contribution in [0.1, 0.15) is 30.3 Å². The predicted molar refractivity (Wildman–Crippen MR) is 117 cm³/mol. The van der Waals surface area contributed by atoms with Crippen molar-refractivity contribution < 1.29 is 4.79 Å². The van der Waals surface area contributed by atoms with E-state index in [-0.39, 0.29) is 17.9 Å². The van der Waals surface area contributed by atoms with Gasteiger partial charge in [0, 0.05) is 37.6 Å². The molecule has 156 valence electrons. The Hall–Kier alpha value is -2.64. The van der Waals surface area contributed by atoms with Crippen LogP contribution in [0, 0.1) is 5.92 Å². The highest BCUT2D eigenvalue weighted by atomic mass is 35.5. The number of halogens is 2. The molecule has 0 bridgehead atoms. The number of hydrogen-bond acceptors (Lipinski definition) is 5. The summed E-state index contributed by atoms with van der Waals surface area (Å²) in [5.41, 5.74) is 0.929. The summed E-state index contributed by atoms with van der Waals surface area (Å²) in [7, 11) is 1.92. The average Bonchev–Trinajstić information content (AvgIpc) is 3.19. The molecule has 0 aliphatic carbocycles. The van der Waals surface area contributed by atoms with Crippen LogP contribution in [0.5, 0.6) is 0 Å². The lowest BCUT2D eigenvalue weighted by Gasteiger charge is -2.33. The molecule has 2 aromatic heterocycles. The van der Waals surface area contributed by atoms with Gasteiger partial charge in [-0.15, -0.1) is 10.2 Å². The first-order valence-corrected chi connectivity index (χ1v) is 10.5. The number of rotatable bonds is 5. The second kappa shape index (κ2) is 9.02. The lowest BCUT2D eigenvalue weighted by Crippen LogP contribution is -2.44. The fourth-order valence-electron chi connectivity index (χ4n) is 3.74. The summed E-state index contributed by atoms with van der Waals surface area (Å²) in [6.07, 6.45) is 5.31. The van der Waals surface area contributed by atoms with Crippen molar-refractivity contribution in [2.75, 3.05) is 18.0 Å². The van der Waals surface area contributed by atoms with Crippen LogP contribution in [-0.4, -0.2) is 38.7 Å². The molecule has 9 heteroatoms. The minimum Gasteiger partial charge on any atom is -0.354 e. The molecule has 0 unspecified atom stereocenters. The third-order valence-corrected chi connectivity index (χ3v) is 5.79. The van der Waals surface area contributed by atoms with Gasteiger partial charge in [0.25, 0.3) is 0 Å². The lowest BCUT2D eigenvalue weighted by molar-refractivity contribution is -0.125. The largest absolute Gasteiger partial charge is 0.354 e. The second-order valence-corrected chi connectivity index (χ2v) is 8.21. The van der Waals surface area contributed by atoms with E-state index in [9.17, 15) is 4.79 Å². The van der Waals surface area contributed by atoms with E-state index < -0.39 is 0 Å². The van der Waals surface area contributed by atoms with Gasteiger partial charge in [0.1, 0.15) is 11.9 Å². The number of aryl methyl sites for hydroxylation is 1. The topological polar surface area (TPSA) is 75.9 Å². The van der Waals surface area contributed by atoms with Gasteiger partial charge in [0.2, 0.25) is 5.91 Å². The SMILES string of the molecule is Cn1ccnc1[C@@H](NC(=O)[C@@H]1CCCN(c2ccc(Cl)nn2)C1)c1ccc(Cl)cc1. The van der Waals surface area contributed by atoms with Crippen LogP contribution in [0.4, 0.5) is 5.82 Å². The van der Waals surface area contributed by atoms with E-state index in [1.807, 2.05) is 48.1 Å². The van der Waals surface area contributed by atoms with Crippen LogP contribution in [-0.2, 0) is 11.8 Å². The van der Waals surface area contributed by atoms with Gasteiger partial charge in [-0.2, -0.15) is 0 Å². The van der Waals surface area contributed by atoms with Crippen LogP contribution < -0.4 is 10.2 Å². The summed E-state index contributed by atoms with van der Waals surface area (Å²) < 4.78 is 1.91. The maximum atomic E-state index is 13.2. The molecule has 1 fully saturated rings. The van der Waals surface area contributed by atoms with Crippen LogP contribution in [0.2, 0.25) is 10.2 Å². The molecule has 7 nitrogen and oxygen atoms in total. The zero-order valence-corrected chi connectivity index (χ0v) is 18.0. The number of aromatic nitrogens is 4.